The summed E-state index contributed by atoms with van der Waals surface area (Å²) in [6.45, 7) is 8.26. The summed E-state index contributed by atoms with van der Waals surface area (Å²) in [5.41, 5.74) is 3.13. The summed E-state index contributed by atoms with van der Waals surface area (Å²) in [6.07, 6.45) is 9.39. The van der Waals surface area contributed by atoms with E-state index in [1.54, 1.807) is 6.92 Å². The molecule has 1 N–H and O–H groups in total. The van der Waals surface area contributed by atoms with E-state index in [1.165, 1.54) is 49.7 Å². The highest BCUT2D eigenvalue weighted by Crippen LogP contribution is 2.39. The number of esters is 1. The maximum absolute atomic E-state index is 11.6. The summed E-state index contributed by atoms with van der Waals surface area (Å²) in [7, 11) is 0. The lowest BCUT2D eigenvalue weighted by molar-refractivity contribution is -0.139. The molecule has 156 valence electrons. The van der Waals surface area contributed by atoms with Gasteiger partial charge in [-0.05, 0) is 80.5 Å². The third-order valence-corrected chi connectivity index (χ3v) is 5.63. The van der Waals surface area contributed by atoms with Crippen molar-refractivity contribution in [1.29, 1.82) is 0 Å². The lowest BCUT2D eigenvalue weighted by Gasteiger charge is -2.30. The summed E-state index contributed by atoms with van der Waals surface area (Å²) in [6, 6.07) is 6.32. The van der Waals surface area contributed by atoms with Crippen LogP contribution in [-0.2, 0) is 16.0 Å². The zero-order valence-electron chi connectivity index (χ0n) is 17.5. The van der Waals surface area contributed by atoms with Gasteiger partial charge in [-0.25, -0.2) is 4.79 Å². The molecule has 0 aliphatic heterocycles. The summed E-state index contributed by atoms with van der Waals surface area (Å²) in [4.78, 5) is 11.6. The Labute approximate surface area is 169 Å². The maximum atomic E-state index is 11.6. The zero-order chi connectivity index (χ0) is 20.4. The van der Waals surface area contributed by atoms with Crippen molar-refractivity contribution in [2.45, 2.75) is 71.1 Å². The molecule has 2 rings (SSSR count). The molecule has 0 aromatic heterocycles. The molecule has 1 aromatic carbocycles. The van der Waals surface area contributed by atoms with Crippen LogP contribution < -0.4 is 4.74 Å². The Kier molecular flexibility index (Phi) is 9.56. The fraction of sp³-hybridized carbons (Fsp3) is 0.625. The van der Waals surface area contributed by atoms with Crippen LogP contribution in [0.1, 0.15) is 75.8 Å². The van der Waals surface area contributed by atoms with E-state index >= 15 is 0 Å². The molecule has 0 atom stereocenters. The molecule has 0 amide bonds. The number of rotatable bonds is 11. The number of aliphatic hydroxyl groups is 1. The molecule has 0 unspecified atom stereocenters. The quantitative estimate of drug-likeness (QED) is 0.322. The second kappa shape index (κ2) is 11.9. The smallest absolute Gasteiger partial charge is 0.333 e. The summed E-state index contributed by atoms with van der Waals surface area (Å²) < 4.78 is 10.9. The molecule has 1 aromatic rings. The molecule has 1 aliphatic carbocycles. The third kappa shape index (κ3) is 6.97. The van der Waals surface area contributed by atoms with E-state index in [2.05, 4.69) is 25.6 Å². The summed E-state index contributed by atoms with van der Waals surface area (Å²) in [5, 5.41) is 9.01. The number of benzene rings is 1. The highest BCUT2D eigenvalue weighted by atomic mass is 16.5. The van der Waals surface area contributed by atoms with Crippen molar-refractivity contribution in [3.63, 3.8) is 0 Å². The van der Waals surface area contributed by atoms with Gasteiger partial charge in [0.15, 0.2) is 0 Å². The van der Waals surface area contributed by atoms with Crippen LogP contribution in [0.2, 0.25) is 0 Å². The van der Waals surface area contributed by atoms with Gasteiger partial charge in [-0.15, -0.1) is 0 Å². The van der Waals surface area contributed by atoms with Gasteiger partial charge in [-0.1, -0.05) is 32.4 Å². The molecule has 4 nitrogen and oxygen atoms in total. The van der Waals surface area contributed by atoms with Gasteiger partial charge in [0.05, 0.1) is 13.2 Å². The summed E-state index contributed by atoms with van der Waals surface area (Å²) in [5.74, 6) is 1.97. The number of ether oxygens (including phenoxy) is 2. The van der Waals surface area contributed by atoms with Gasteiger partial charge >= 0.3 is 5.97 Å². The Hall–Kier alpha value is -1.81. The van der Waals surface area contributed by atoms with Crippen molar-refractivity contribution in [3.05, 3.63) is 41.5 Å². The van der Waals surface area contributed by atoms with Crippen LogP contribution in [0.3, 0.4) is 0 Å². The van der Waals surface area contributed by atoms with Gasteiger partial charge in [0.2, 0.25) is 0 Å². The van der Waals surface area contributed by atoms with E-state index in [1.807, 2.05) is 6.07 Å². The summed E-state index contributed by atoms with van der Waals surface area (Å²) >= 11 is 0. The average molecular weight is 389 g/mol. The molecule has 1 aliphatic rings. The van der Waals surface area contributed by atoms with Gasteiger partial charge in [-0.3, -0.25) is 0 Å². The van der Waals surface area contributed by atoms with Crippen molar-refractivity contribution in [2.24, 2.45) is 5.92 Å². The van der Waals surface area contributed by atoms with Crippen molar-refractivity contribution < 1.29 is 19.4 Å². The standard InChI is InChI=1S/C24H36O4/c1-4-6-19-8-10-20(11-9-19)23-13-12-22(27-16-14-25)17-21(23)7-5-15-28-24(26)18(2)3/h12-13,17,19-20,25H,2,4-11,14-16H2,1,3H3. The highest BCUT2D eigenvalue weighted by Gasteiger charge is 2.23. The van der Waals surface area contributed by atoms with Gasteiger partial charge in [0.1, 0.15) is 12.4 Å². The topological polar surface area (TPSA) is 55.8 Å². The van der Waals surface area contributed by atoms with E-state index in [-0.39, 0.29) is 12.6 Å². The van der Waals surface area contributed by atoms with Crippen LogP contribution in [-0.4, -0.2) is 30.9 Å². The first-order valence-corrected chi connectivity index (χ1v) is 10.7. The van der Waals surface area contributed by atoms with Crippen LogP contribution in [0, 0.1) is 5.92 Å². The van der Waals surface area contributed by atoms with E-state index < -0.39 is 0 Å². The average Bonchev–Trinajstić information content (AvgIpc) is 2.70. The first-order chi connectivity index (χ1) is 13.5. The third-order valence-electron chi connectivity index (χ3n) is 5.63. The minimum absolute atomic E-state index is 0.00931. The van der Waals surface area contributed by atoms with E-state index in [4.69, 9.17) is 14.6 Å². The number of aliphatic hydroxyl groups excluding tert-OH is 1. The minimum atomic E-state index is -0.325. The van der Waals surface area contributed by atoms with Crippen LogP contribution in [0.25, 0.3) is 0 Å². The van der Waals surface area contributed by atoms with Gasteiger partial charge < -0.3 is 14.6 Å². The molecular formula is C24H36O4. The fourth-order valence-corrected chi connectivity index (χ4v) is 4.17. The number of carbonyl (C=O) groups is 1. The maximum Gasteiger partial charge on any atom is 0.333 e. The van der Waals surface area contributed by atoms with Crippen molar-refractivity contribution in [2.75, 3.05) is 19.8 Å². The first-order valence-electron chi connectivity index (χ1n) is 10.7. The lowest BCUT2D eigenvalue weighted by atomic mass is 9.76. The fourth-order valence-electron chi connectivity index (χ4n) is 4.17. The zero-order valence-corrected chi connectivity index (χ0v) is 17.5. The largest absolute Gasteiger partial charge is 0.491 e. The SMILES string of the molecule is C=C(C)C(=O)OCCCc1cc(OCCO)ccc1C1CCC(CCC)CC1. The van der Waals surface area contributed by atoms with E-state index in [9.17, 15) is 4.79 Å². The Morgan fingerprint density at radius 3 is 2.61 bits per heavy atom. The number of aryl methyl sites for hydroxylation is 1. The van der Waals surface area contributed by atoms with Crippen LogP contribution in [0.5, 0.6) is 5.75 Å². The molecule has 0 heterocycles. The van der Waals surface area contributed by atoms with E-state index in [0.717, 1.165) is 24.5 Å². The second-order valence-electron chi connectivity index (χ2n) is 7.96. The second-order valence-corrected chi connectivity index (χ2v) is 7.96. The van der Waals surface area contributed by atoms with Crippen LogP contribution in [0.15, 0.2) is 30.4 Å². The molecular weight excluding hydrogens is 352 g/mol. The van der Waals surface area contributed by atoms with Crippen LogP contribution in [0.4, 0.5) is 0 Å². The van der Waals surface area contributed by atoms with Crippen molar-refractivity contribution in [3.8, 4) is 5.75 Å². The molecule has 0 saturated heterocycles. The number of carbonyl (C=O) groups excluding carboxylic acids is 1. The lowest BCUT2D eigenvalue weighted by Crippen LogP contribution is -2.15. The molecule has 0 bridgehead atoms. The predicted octanol–water partition coefficient (Wildman–Crippen LogP) is 5.18. The van der Waals surface area contributed by atoms with E-state index in [0.29, 0.717) is 24.7 Å². The minimum Gasteiger partial charge on any atom is -0.491 e. The van der Waals surface area contributed by atoms with Gasteiger partial charge in [0, 0.05) is 5.57 Å². The Bertz CT molecular complexity index is 629. The molecule has 28 heavy (non-hydrogen) atoms. The molecule has 4 heteroatoms. The van der Waals surface area contributed by atoms with Crippen molar-refractivity contribution >= 4 is 5.97 Å². The van der Waals surface area contributed by atoms with Gasteiger partial charge in [-0.2, -0.15) is 0 Å². The Balaban J connectivity index is 2.02. The highest BCUT2D eigenvalue weighted by molar-refractivity contribution is 5.86. The Morgan fingerprint density at radius 1 is 1.21 bits per heavy atom. The first kappa shape index (κ1) is 22.5. The van der Waals surface area contributed by atoms with Gasteiger partial charge in [0.25, 0.3) is 0 Å². The molecule has 0 spiro atoms. The number of hydrogen-bond acceptors (Lipinski definition) is 4. The molecule has 0 radical (unpaired) electrons. The predicted molar refractivity (Wildman–Crippen MR) is 113 cm³/mol. The Morgan fingerprint density at radius 2 is 1.96 bits per heavy atom. The normalized spacial score (nSPS) is 19.2. The number of hydrogen-bond donors (Lipinski definition) is 1. The van der Waals surface area contributed by atoms with Crippen LogP contribution >= 0.6 is 0 Å². The van der Waals surface area contributed by atoms with Crippen molar-refractivity contribution in [1.82, 2.24) is 0 Å². The molecule has 1 saturated carbocycles. The molecule has 1 fully saturated rings. The monoisotopic (exact) mass is 388 g/mol.